The third-order valence-corrected chi connectivity index (χ3v) is 5.15. The first-order chi connectivity index (χ1) is 9.72. The maximum atomic E-state index is 5.38. The fourth-order valence-electron chi connectivity index (χ4n) is 3.70. The molecule has 1 N–H and O–H groups in total. The van der Waals surface area contributed by atoms with E-state index >= 15 is 0 Å². The fraction of sp³-hybridized carbons (Fsp3) is 0.647. The second-order valence-electron chi connectivity index (χ2n) is 6.34. The van der Waals surface area contributed by atoms with Gasteiger partial charge in [0.1, 0.15) is 5.75 Å². The van der Waals surface area contributed by atoms with Crippen molar-refractivity contribution in [3.8, 4) is 5.75 Å². The van der Waals surface area contributed by atoms with Gasteiger partial charge in [-0.1, -0.05) is 12.5 Å². The van der Waals surface area contributed by atoms with Crippen LogP contribution in [0.2, 0.25) is 0 Å². The van der Waals surface area contributed by atoms with E-state index in [1.54, 1.807) is 7.11 Å². The number of nitrogens with zero attached hydrogens (tertiary/aromatic N) is 1. The molecule has 3 nitrogen and oxygen atoms in total. The summed E-state index contributed by atoms with van der Waals surface area (Å²) in [5.41, 5.74) is 2.88. The Morgan fingerprint density at radius 3 is 2.75 bits per heavy atom. The number of hydrogen-bond donors (Lipinski definition) is 1. The smallest absolute Gasteiger partial charge is 0.119 e. The molecule has 0 amide bonds. The van der Waals surface area contributed by atoms with Crippen LogP contribution in [0.3, 0.4) is 0 Å². The van der Waals surface area contributed by atoms with Gasteiger partial charge in [-0.05, 0) is 62.5 Å². The molecule has 0 radical (unpaired) electrons. The summed E-state index contributed by atoms with van der Waals surface area (Å²) >= 11 is 0. The van der Waals surface area contributed by atoms with Crippen molar-refractivity contribution in [3.63, 3.8) is 0 Å². The van der Waals surface area contributed by atoms with E-state index in [-0.39, 0.29) is 0 Å². The molecule has 0 spiro atoms. The summed E-state index contributed by atoms with van der Waals surface area (Å²) in [6.07, 6.45) is 5.41. The average Bonchev–Trinajstić information content (AvgIpc) is 2.80. The van der Waals surface area contributed by atoms with E-state index in [9.17, 15) is 0 Å². The van der Waals surface area contributed by atoms with Crippen LogP contribution in [0, 0.1) is 5.92 Å². The van der Waals surface area contributed by atoms with Gasteiger partial charge in [-0.2, -0.15) is 0 Å². The molecule has 1 aromatic rings. The van der Waals surface area contributed by atoms with E-state index in [0.717, 1.165) is 18.1 Å². The molecule has 1 aromatic carbocycles. The number of hydrogen-bond acceptors (Lipinski definition) is 3. The molecular formula is C17H26N2O. The Morgan fingerprint density at radius 1 is 1.35 bits per heavy atom. The molecule has 20 heavy (non-hydrogen) atoms. The SMILES string of the molecule is CNC1c2cc(OC)ccc2CC1N(C)CC1CCC1. The van der Waals surface area contributed by atoms with Crippen molar-refractivity contribution in [1.82, 2.24) is 10.2 Å². The highest BCUT2D eigenvalue weighted by Gasteiger charge is 2.35. The van der Waals surface area contributed by atoms with Crippen LogP contribution in [0.25, 0.3) is 0 Å². The Labute approximate surface area is 122 Å². The highest BCUT2D eigenvalue weighted by molar-refractivity contribution is 5.42. The molecule has 3 heteroatoms. The summed E-state index contributed by atoms with van der Waals surface area (Å²) in [4.78, 5) is 2.57. The first-order valence-electron chi connectivity index (χ1n) is 7.77. The predicted molar refractivity (Wildman–Crippen MR) is 82.3 cm³/mol. The van der Waals surface area contributed by atoms with E-state index in [1.807, 2.05) is 0 Å². The standard InChI is InChI=1S/C17H26N2O/c1-18-17-15-10-14(20-3)8-7-13(15)9-16(17)19(2)11-12-5-4-6-12/h7-8,10,12,16-18H,4-6,9,11H2,1-3H3. The highest BCUT2D eigenvalue weighted by Crippen LogP contribution is 2.37. The summed E-state index contributed by atoms with van der Waals surface area (Å²) in [6.45, 7) is 1.24. The quantitative estimate of drug-likeness (QED) is 0.893. The number of likely N-dealkylation sites (N-methyl/N-ethyl adjacent to an activating group) is 2. The highest BCUT2D eigenvalue weighted by atomic mass is 16.5. The van der Waals surface area contributed by atoms with Crippen LogP contribution < -0.4 is 10.1 Å². The molecule has 1 fully saturated rings. The Bertz CT molecular complexity index is 470. The minimum Gasteiger partial charge on any atom is -0.497 e. The van der Waals surface area contributed by atoms with Crippen LogP contribution in [-0.2, 0) is 6.42 Å². The lowest BCUT2D eigenvalue weighted by molar-refractivity contribution is 0.144. The van der Waals surface area contributed by atoms with E-state index in [1.165, 1.54) is 36.9 Å². The normalized spacial score (nSPS) is 25.6. The van der Waals surface area contributed by atoms with Gasteiger partial charge in [-0.3, -0.25) is 0 Å². The lowest BCUT2D eigenvalue weighted by Gasteiger charge is -2.35. The van der Waals surface area contributed by atoms with Gasteiger partial charge in [0.25, 0.3) is 0 Å². The molecule has 0 saturated heterocycles. The van der Waals surface area contributed by atoms with Gasteiger partial charge in [-0.15, -0.1) is 0 Å². The molecule has 3 rings (SSSR count). The summed E-state index contributed by atoms with van der Waals surface area (Å²) in [6, 6.07) is 7.51. The van der Waals surface area contributed by atoms with Crippen molar-refractivity contribution < 1.29 is 4.74 Å². The Morgan fingerprint density at radius 2 is 2.15 bits per heavy atom. The van der Waals surface area contributed by atoms with E-state index < -0.39 is 0 Å². The summed E-state index contributed by atoms with van der Waals surface area (Å²) in [5.74, 6) is 1.89. The minimum absolute atomic E-state index is 0.421. The van der Waals surface area contributed by atoms with Gasteiger partial charge >= 0.3 is 0 Å². The van der Waals surface area contributed by atoms with Crippen LogP contribution >= 0.6 is 0 Å². The van der Waals surface area contributed by atoms with Crippen LogP contribution in [-0.4, -0.2) is 38.7 Å². The zero-order chi connectivity index (χ0) is 14.1. The van der Waals surface area contributed by atoms with Crippen LogP contribution in [0.4, 0.5) is 0 Å². The Kier molecular flexibility index (Phi) is 3.99. The number of methoxy groups -OCH3 is 1. The summed E-state index contributed by atoms with van der Waals surface area (Å²) < 4.78 is 5.38. The predicted octanol–water partition coefficient (Wildman–Crippen LogP) is 2.61. The third kappa shape index (κ3) is 2.45. The van der Waals surface area contributed by atoms with Crippen molar-refractivity contribution in [1.29, 1.82) is 0 Å². The van der Waals surface area contributed by atoms with Crippen LogP contribution in [0.1, 0.15) is 36.4 Å². The number of rotatable bonds is 5. The number of ether oxygens (including phenoxy) is 1. The zero-order valence-electron chi connectivity index (χ0n) is 12.9. The van der Waals surface area contributed by atoms with Gasteiger partial charge in [0, 0.05) is 18.6 Å². The molecule has 2 unspecified atom stereocenters. The summed E-state index contributed by atoms with van der Waals surface area (Å²) in [5, 5.41) is 3.51. The molecule has 0 aromatic heterocycles. The second-order valence-corrected chi connectivity index (χ2v) is 6.34. The molecule has 2 atom stereocenters. The molecule has 110 valence electrons. The second kappa shape index (κ2) is 5.74. The van der Waals surface area contributed by atoms with Crippen LogP contribution in [0.5, 0.6) is 5.75 Å². The zero-order valence-corrected chi connectivity index (χ0v) is 12.9. The number of nitrogens with one attached hydrogen (secondary N) is 1. The molecule has 2 aliphatic rings. The molecule has 1 saturated carbocycles. The van der Waals surface area contributed by atoms with Gasteiger partial charge in [-0.25, -0.2) is 0 Å². The Balaban J connectivity index is 1.76. The molecule has 0 heterocycles. The average molecular weight is 274 g/mol. The first-order valence-corrected chi connectivity index (χ1v) is 7.77. The van der Waals surface area contributed by atoms with Gasteiger partial charge < -0.3 is 15.0 Å². The third-order valence-electron chi connectivity index (χ3n) is 5.15. The fourth-order valence-corrected chi connectivity index (χ4v) is 3.70. The van der Waals surface area contributed by atoms with Crippen molar-refractivity contribution in [2.24, 2.45) is 5.92 Å². The summed E-state index contributed by atoms with van der Waals surface area (Å²) in [7, 11) is 6.10. The maximum Gasteiger partial charge on any atom is 0.119 e. The maximum absolute atomic E-state index is 5.38. The molecule has 2 aliphatic carbocycles. The van der Waals surface area contributed by atoms with Crippen molar-refractivity contribution in [2.45, 2.75) is 37.8 Å². The van der Waals surface area contributed by atoms with Crippen molar-refractivity contribution >= 4 is 0 Å². The monoisotopic (exact) mass is 274 g/mol. The van der Waals surface area contributed by atoms with E-state index in [0.29, 0.717) is 12.1 Å². The number of benzene rings is 1. The van der Waals surface area contributed by atoms with Crippen molar-refractivity contribution in [3.05, 3.63) is 29.3 Å². The van der Waals surface area contributed by atoms with E-state index in [2.05, 4.69) is 42.5 Å². The van der Waals surface area contributed by atoms with Crippen molar-refractivity contribution in [2.75, 3.05) is 27.7 Å². The van der Waals surface area contributed by atoms with Gasteiger partial charge in [0.15, 0.2) is 0 Å². The lowest BCUT2D eigenvalue weighted by Crippen LogP contribution is -2.43. The van der Waals surface area contributed by atoms with E-state index in [4.69, 9.17) is 4.74 Å². The number of fused-ring (bicyclic) bond motifs is 1. The molecule has 0 bridgehead atoms. The lowest BCUT2D eigenvalue weighted by atomic mass is 9.85. The first kappa shape index (κ1) is 13.9. The van der Waals surface area contributed by atoms with Gasteiger partial charge in [0.2, 0.25) is 0 Å². The van der Waals surface area contributed by atoms with Gasteiger partial charge in [0.05, 0.1) is 7.11 Å². The van der Waals surface area contributed by atoms with Crippen LogP contribution in [0.15, 0.2) is 18.2 Å². The largest absolute Gasteiger partial charge is 0.497 e. The minimum atomic E-state index is 0.421. The topological polar surface area (TPSA) is 24.5 Å². The Hall–Kier alpha value is -1.06. The molecular weight excluding hydrogens is 248 g/mol. The molecule has 0 aliphatic heterocycles.